The summed E-state index contributed by atoms with van der Waals surface area (Å²) in [5.74, 6) is 0.536. The molecule has 16 heavy (non-hydrogen) atoms. The van der Waals surface area contributed by atoms with E-state index in [-0.39, 0.29) is 0 Å². The molecule has 0 heterocycles. The minimum Gasteiger partial charge on any atom is -0.330 e. The van der Waals surface area contributed by atoms with Crippen molar-refractivity contribution in [3.63, 3.8) is 0 Å². The Kier molecular flexibility index (Phi) is 4.97. The van der Waals surface area contributed by atoms with E-state index in [1.165, 1.54) is 16.7 Å². The summed E-state index contributed by atoms with van der Waals surface area (Å²) < 4.78 is 0. The van der Waals surface area contributed by atoms with Gasteiger partial charge in [0.2, 0.25) is 0 Å². The maximum absolute atomic E-state index is 5.60. The van der Waals surface area contributed by atoms with Crippen LogP contribution in [0.15, 0.2) is 18.2 Å². The van der Waals surface area contributed by atoms with E-state index in [0.29, 0.717) is 12.0 Å². The van der Waals surface area contributed by atoms with Crippen LogP contribution in [0.25, 0.3) is 0 Å². The third-order valence-corrected chi connectivity index (χ3v) is 3.21. The third-order valence-electron chi connectivity index (χ3n) is 3.21. The van der Waals surface area contributed by atoms with Crippen LogP contribution in [0.5, 0.6) is 0 Å². The van der Waals surface area contributed by atoms with Gasteiger partial charge in [0.1, 0.15) is 0 Å². The molecule has 2 atom stereocenters. The summed E-state index contributed by atoms with van der Waals surface area (Å²) in [5.41, 5.74) is 9.67. The molecule has 0 bridgehead atoms. The summed E-state index contributed by atoms with van der Waals surface area (Å²) in [4.78, 5) is 0. The molecule has 1 aromatic rings. The molecule has 0 spiro atoms. The van der Waals surface area contributed by atoms with Crippen molar-refractivity contribution in [2.24, 2.45) is 11.7 Å². The van der Waals surface area contributed by atoms with E-state index < -0.39 is 0 Å². The number of aryl methyl sites for hydroxylation is 2. The summed E-state index contributed by atoms with van der Waals surface area (Å²) in [6.45, 7) is 10.4. The molecule has 90 valence electrons. The lowest BCUT2D eigenvalue weighted by atomic mass is 10.0. The summed E-state index contributed by atoms with van der Waals surface area (Å²) in [6, 6.07) is 7.05. The first kappa shape index (κ1) is 13.2. The number of nitrogens with one attached hydrogen (secondary N) is 1. The van der Waals surface area contributed by atoms with Gasteiger partial charge in [-0.3, -0.25) is 0 Å². The van der Waals surface area contributed by atoms with Gasteiger partial charge in [-0.15, -0.1) is 0 Å². The first-order valence-electron chi connectivity index (χ1n) is 6.05. The van der Waals surface area contributed by atoms with Crippen LogP contribution in [0.2, 0.25) is 0 Å². The molecule has 0 radical (unpaired) electrons. The smallest absolute Gasteiger partial charge is 0.0292 e. The summed E-state index contributed by atoms with van der Waals surface area (Å²) >= 11 is 0. The van der Waals surface area contributed by atoms with Crippen molar-refractivity contribution < 1.29 is 0 Å². The van der Waals surface area contributed by atoms with Gasteiger partial charge in [-0.2, -0.15) is 0 Å². The number of hydrogen-bond donors (Lipinski definition) is 2. The molecule has 0 aliphatic carbocycles. The second-order valence-corrected chi connectivity index (χ2v) is 4.81. The van der Waals surface area contributed by atoms with Crippen molar-refractivity contribution in [1.29, 1.82) is 0 Å². The Morgan fingerprint density at radius 2 is 1.88 bits per heavy atom. The molecule has 3 N–H and O–H groups in total. The van der Waals surface area contributed by atoms with Crippen molar-refractivity contribution in [3.05, 3.63) is 34.9 Å². The van der Waals surface area contributed by atoms with Gasteiger partial charge in [-0.05, 0) is 56.5 Å². The number of nitrogens with two attached hydrogens (primary N) is 1. The topological polar surface area (TPSA) is 38.0 Å². The van der Waals surface area contributed by atoms with Gasteiger partial charge >= 0.3 is 0 Å². The zero-order valence-electron chi connectivity index (χ0n) is 10.9. The molecule has 2 unspecified atom stereocenters. The van der Waals surface area contributed by atoms with E-state index in [9.17, 15) is 0 Å². The maximum Gasteiger partial charge on any atom is 0.0292 e. The van der Waals surface area contributed by atoms with Crippen LogP contribution >= 0.6 is 0 Å². The van der Waals surface area contributed by atoms with Gasteiger partial charge in [-0.1, -0.05) is 25.1 Å². The fraction of sp³-hybridized carbons (Fsp3) is 0.571. The molecule has 0 saturated heterocycles. The van der Waals surface area contributed by atoms with Crippen LogP contribution in [0, 0.1) is 19.8 Å². The Labute approximate surface area is 99.2 Å². The molecule has 0 fully saturated rings. The van der Waals surface area contributed by atoms with Crippen LogP contribution < -0.4 is 11.1 Å². The molecule has 0 aliphatic heterocycles. The molecule has 0 aliphatic rings. The fourth-order valence-corrected chi connectivity index (χ4v) is 1.61. The predicted molar refractivity (Wildman–Crippen MR) is 70.6 cm³/mol. The number of benzene rings is 1. The van der Waals surface area contributed by atoms with E-state index in [2.05, 4.69) is 51.2 Å². The van der Waals surface area contributed by atoms with Gasteiger partial charge in [0.15, 0.2) is 0 Å². The summed E-state index contributed by atoms with van der Waals surface area (Å²) in [5, 5.41) is 3.52. The zero-order chi connectivity index (χ0) is 12.1. The third kappa shape index (κ3) is 3.62. The molecular weight excluding hydrogens is 196 g/mol. The highest BCUT2D eigenvalue weighted by Gasteiger charge is 2.07. The number of hydrogen-bond acceptors (Lipinski definition) is 2. The van der Waals surface area contributed by atoms with Crippen LogP contribution in [0.3, 0.4) is 0 Å². The molecule has 2 nitrogen and oxygen atoms in total. The van der Waals surface area contributed by atoms with Crippen molar-refractivity contribution in [1.82, 2.24) is 5.32 Å². The van der Waals surface area contributed by atoms with E-state index in [4.69, 9.17) is 5.73 Å². The lowest BCUT2D eigenvalue weighted by molar-refractivity contribution is 0.477. The first-order chi connectivity index (χ1) is 7.54. The van der Waals surface area contributed by atoms with Gasteiger partial charge in [0.05, 0.1) is 0 Å². The molecule has 0 amide bonds. The number of rotatable bonds is 5. The second-order valence-electron chi connectivity index (χ2n) is 4.81. The van der Waals surface area contributed by atoms with Gasteiger partial charge in [-0.25, -0.2) is 0 Å². The van der Waals surface area contributed by atoms with E-state index in [0.717, 1.165) is 13.1 Å². The standard InChI is InChI=1S/C14H24N2/c1-10(8-15)9-16-13(4)14-6-5-11(2)12(3)7-14/h5-7,10,13,16H,8-9,15H2,1-4H3. The Bertz CT molecular complexity index is 334. The minimum absolute atomic E-state index is 0.397. The highest BCUT2D eigenvalue weighted by molar-refractivity contribution is 5.31. The predicted octanol–water partition coefficient (Wildman–Crippen LogP) is 2.55. The molecule has 1 rings (SSSR count). The highest BCUT2D eigenvalue weighted by atomic mass is 14.9. The molecule has 0 aromatic heterocycles. The van der Waals surface area contributed by atoms with Gasteiger partial charge in [0, 0.05) is 6.04 Å². The van der Waals surface area contributed by atoms with Crippen LogP contribution in [0.4, 0.5) is 0 Å². The van der Waals surface area contributed by atoms with E-state index in [1.54, 1.807) is 0 Å². The Balaban J connectivity index is 2.59. The minimum atomic E-state index is 0.397. The summed E-state index contributed by atoms with van der Waals surface area (Å²) in [6.07, 6.45) is 0. The average Bonchev–Trinajstić information content (AvgIpc) is 2.29. The quantitative estimate of drug-likeness (QED) is 0.800. The van der Waals surface area contributed by atoms with Crippen molar-refractivity contribution in [2.75, 3.05) is 13.1 Å². The average molecular weight is 220 g/mol. The lowest BCUT2D eigenvalue weighted by Gasteiger charge is -2.18. The van der Waals surface area contributed by atoms with Gasteiger partial charge < -0.3 is 11.1 Å². The largest absolute Gasteiger partial charge is 0.330 e. The van der Waals surface area contributed by atoms with Crippen molar-refractivity contribution in [3.8, 4) is 0 Å². The fourth-order valence-electron chi connectivity index (χ4n) is 1.61. The molecule has 1 aromatic carbocycles. The SMILES string of the molecule is Cc1ccc(C(C)NCC(C)CN)cc1C. The monoisotopic (exact) mass is 220 g/mol. The van der Waals surface area contributed by atoms with Crippen molar-refractivity contribution in [2.45, 2.75) is 33.7 Å². The Morgan fingerprint density at radius 3 is 2.44 bits per heavy atom. The van der Waals surface area contributed by atoms with E-state index >= 15 is 0 Å². The molecule has 0 saturated carbocycles. The highest BCUT2D eigenvalue weighted by Crippen LogP contribution is 2.16. The molecular formula is C14H24N2. The zero-order valence-corrected chi connectivity index (χ0v) is 10.9. The van der Waals surface area contributed by atoms with Gasteiger partial charge in [0.25, 0.3) is 0 Å². The maximum atomic E-state index is 5.60. The first-order valence-corrected chi connectivity index (χ1v) is 6.05. The Hall–Kier alpha value is -0.860. The van der Waals surface area contributed by atoms with Crippen LogP contribution in [0.1, 0.15) is 36.6 Å². The summed E-state index contributed by atoms with van der Waals surface area (Å²) in [7, 11) is 0. The Morgan fingerprint density at radius 1 is 1.19 bits per heavy atom. The van der Waals surface area contributed by atoms with Crippen LogP contribution in [-0.2, 0) is 0 Å². The molecule has 2 heteroatoms. The van der Waals surface area contributed by atoms with Crippen LogP contribution in [-0.4, -0.2) is 13.1 Å². The normalized spacial score (nSPS) is 14.8. The van der Waals surface area contributed by atoms with E-state index in [1.807, 2.05) is 0 Å². The second kappa shape index (κ2) is 6.02. The van der Waals surface area contributed by atoms with Crippen molar-refractivity contribution >= 4 is 0 Å². The lowest BCUT2D eigenvalue weighted by Crippen LogP contribution is -2.28.